The predicted octanol–water partition coefficient (Wildman–Crippen LogP) is 3.73. The van der Waals surface area contributed by atoms with E-state index in [-0.39, 0.29) is 0 Å². The quantitative estimate of drug-likeness (QED) is 0.589. The molecule has 0 aliphatic rings. The lowest BCUT2D eigenvalue weighted by molar-refractivity contribution is 0.224. The van der Waals surface area contributed by atoms with Crippen molar-refractivity contribution < 1.29 is 5.11 Å². The third-order valence-corrected chi connectivity index (χ3v) is 5.09. The summed E-state index contributed by atoms with van der Waals surface area (Å²) in [5.74, 6) is 1.02. The van der Waals surface area contributed by atoms with Crippen LogP contribution in [-0.2, 0) is 0 Å². The van der Waals surface area contributed by atoms with Gasteiger partial charge in [-0.1, -0.05) is 23.8 Å². The van der Waals surface area contributed by atoms with Crippen LogP contribution in [-0.4, -0.2) is 20.1 Å². The Balaban J connectivity index is 1.80. The average molecular weight is 348 g/mol. The molecule has 4 rings (SSSR count). The van der Waals surface area contributed by atoms with Crippen molar-refractivity contribution in [1.82, 2.24) is 15.0 Å². The van der Waals surface area contributed by atoms with E-state index in [1.54, 1.807) is 24.5 Å². The zero-order chi connectivity index (χ0) is 17.4. The molecule has 0 radical (unpaired) electrons. The van der Waals surface area contributed by atoms with Crippen LogP contribution in [0.2, 0.25) is 0 Å². The second-order valence-electron chi connectivity index (χ2n) is 5.85. The van der Waals surface area contributed by atoms with Crippen LogP contribution < -0.4 is 5.73 Å². The standard InChI is InChI=1S/C19H16N4OS/c1-11-3-2-4-13(9-11)18-22-17(20)14-10-15(25-19(14)23-18)16(24)12-5-7-21-8-6-12/h2-10,16,24H,1H3,(H2,20,22,23). The number of benzene rings is 1. The molecule has 3 heterocycles. The van der Waals surface area contributed by atoms with E-state index in [2.05, 4.69) is 15.0 Å². The minimum Gasteiger partial charge on any atom is -0.383 e. The van der Waals surface area contributed by atoms with Crippen LogP contribution in [0.4, 0.5) is 5.82 Å². The highest BCUT2D eigenvalue weighted by Gasteiger charge is 2.17. The summed E-state index contributed by atoms with van der Waals surface area (Å²) in [6.45, 7) is 2.03. The van der Waals surface area contributed by atoms with Gasteiger partial charge in [0.2, 0.25) is 0 Å². The van der Waals surface area contributed by atoms with Gasteiger partial charge in [0.25, 0.3) is 0 Å². The number of hydrogen-bond acceptors (Lipinski definition) is 6. The number of aryl methyl sites for hydroxylation is 1. The van der Waals surface area contributed by atoms with Crippen molar-refractivity contribution in [3.05, 3.63) is 70.9 Å². The Morgan fingerprint density at radius 3 is 2.64 bits per heavy atom. The van der Waals surface area contributed by atoms with E-state index in [1.165, 1.54) is 11.3 Å². The Morgan fingerprint density at radius 2 is 1.88 bits per heavy atom. The van der Waals surface area contributed by atoms with Gasteiger partial charge in [0.05, 0.1) is 5.39 Å². The van der Waals surface area contributed by atoms with Gasteiger partial charge in [-0.05, 0) is 36.8 Å². The van der Waals surface area contributed by atoms with Crippen LogP contribution in [0.25, 0.3) is 21.6 Å². The van der Waals surface area contributed by atoms with E-state index >= 15 is 0 Å². The van der Waals surface area contributed by atoms with E-state index in [1.807, 2.05) is 37.3 Å². The third-order valence-electron chi connectivity index (χ3n) is 4.01. The van der Waals surface area contributed by atoms with E-state index in [4.69, 9.17) is 5.73 Å². The molecule has 3 aromatic heterocycles. The SMILES string of the molecule is Cc1cccc(-c2nc(N)c3cc(C(O)c4ccncc4)sc3n2)c1. The lowest BCUT2D eigenvalue weighted by atomic mass is 10.1. The van der Waals surface area contributed by atoms with Crippen molar-refractivity contribution in [2.45, 2.75) is 13.0 Å². The highest BCUT2D eigenvalue weighted by Crippen LogP contribution is 2.35. The molecule has 0 aliphatic carbocycles. The average Bonchev–Trinajstić information content (AvgIpc) is 3.06. The Labute approximate surface area is 148 Å². The summed E-state index contributed by atoms with van der Waals surface area (Å²) in [4.78, 5) is 14.6. The number of hydrogen-bond donors (Lipinski definition) is 2. The van der Waals surface area contributed by atoms with Gasteiger partial charge >= 0.3 is 0 Å². The van der Waals surface area contributed by atoms with E-state index in [9.17, 15) is 5.11 Å². The molecule has 1 unspecified atom stereocenters. The Kier molecular flexibility index (Phi) is 3.91. The maximum absolute atomic E-state index is 10.6. The number of thiophene rings is 1. The summed E-state index contributed by atoms with van der Waals surface area (Å²) in [6.07, 6.45) is 2.59. The first kappa shape index (κ1) is 15.7. The molecule has 25 heavy (non-hydrogen) atoms. The summed E-state index contributed by atoms with van der Waals surface area (Å²) in [6, 6.07) is 13.4. The second-order valence-corrected chi connectivity index (χ2v) is 6.91. The molecule has 0 saturated heterocycles. The van der Waals surface area contributed by atoms with Gasteiger partial charge in [-0.15, -0.1) is 11.3 Å². The Hall–Kier alpha value is -2.83. The number of nitrogens with zero attached hydrogens (tertiary/aromatic N) is 3. The first-order chi connectivity index (χ1) is 12.1. The van der Waals surface area contributed by atoms with Gasteiger partial charge in [0, 0.05) is 22.8 Å². The number of aliphatic hydroxyl groups is 1. The fraction of sp³-hybridized carbons (Fsp3) is 0.105. The van der Waals surface area contributed by atoms with Crippen molar-refractivity contribution >= 4 is 27.4 Å². The molecule has 0 saturated carbocycles. The van der Waals surface area contributed by atoms with Gasteiger partial charge < -0.3 is 10.8 Å². The minimum atomic E-state index is -0.732. The number of nitrogens with two attached hydrogens (primary N) is 1. The molecular formula is C19H16N4OS. The number of aliphatic hydroxyl groups excluding tert-OH is 1. The van der Waals surface area contributed by atoms with Crippen LogP contribution in [0, 0.1) is 6.92 Å². The number of fused-ring (bicyclic) bond motifs is 1. The summed E-state index contributed by atoms with van der Waals surface area (Å²) >= 11 is 1.43. The fourth-order valence-electron chi connectivity index (χ4n) is 2.72. The summed E-state index contributed by atoms with van der Waals surface area (Å²) in [7, 11) is 0. The largest absolute Gasteiger partial charge is 0.383 e. The van der Waals surface area contributed by atoms with E-state index in [0.29, 0.717) is 11.6 Å². The summed E-state index contributed by atoms with van der Waals surface area (Å²) < 4.78 is 0. The second kappa shape index (κ2) is 6.23. The number of pyridine rings is 1. The summed E-state index contributed by atoms with van der Waals surface area (Å²) in [5.41, 5.74) is 9.00. The van der Waals surface area contributed by atoms with Gasteiger partial charge in [-0.25, -0.2) is 9.97 Å². The maximum atomic E-state index is 10.6. The normalized spacial score (nSPS) is 12.4. The molecule has 124 valence electrons. The molecule has 0 aliphatic heterocycles. The molecule has 1 aromatic carbocycles. The molecule has 5 nitrogen and oxygen atoms in total. The monoisotopic (exact) mass is 348 g/mol. The molecule has 0 bridgehead atoms. The zero-order valence-electron chi connectivity index (χ0n) is 13.5. The van der Waals surface area contributed by atoms with Crippen LogP contribution in [0.15, 0.2) is 54.9 Å². The van der Waals surface area contributed by atoms with E-state index in [0.717, 1.165) is 31.8 Å². The van der Waals surface area contributed by atoms with Crippen molar-refractivity contribution in [2.75, 3.05) is 5.73 Å². The Bertz CT molecular complexity index is 1050. The molecule has 0 fully saturated rings. The van der Waals surface area contributed by atoms with Crippen molar-refractivity contribution in [3.63, 3.8) is 0 Å². The van der Waals surface area contributed by atoms with Crippen LogP contribution in [0.1, 0.15) is 22.1 Å². The number of rotatable bonds is 3. The molecule has 6 heteroatoms. The van der Waals surface area contributed by atoms with Gasteiger partial charge in [0.15, 0.2) is 5.82 Å². The lowest BCUT2D eigenvalue weighted by Crippen LogP contribution is -1.97. The number of anilines is 1. The van der Waals surface area contributed by atoms with Gasteiger partial charge in [0.1, 0.15) is 16.8 Å². The first-order valence-electron chi connectivity index (χ1n) is 7.84. The molecule has 0 spiro atoms. The predicted molar refractivity (Wildman–Crippen MR) is 100 cm³/mol. The van der Waals surface area contributed by atoms with Crippen LogP contribution in [0.5, 0.6) is 0 Å². The fourth-order valence-corrected chi connectivity index (χ4v) is 3.77. The smallest absolute Gasteiger partial charge is 0.163 e. The van der Waals surface area contributed by atoms with Crippen LogP contribution in [0.3, 0.4) is 0 Å². The van der Waals surface area contributed by atoms with Crippen molar-refractivity contribution in [2.24, 2.45) is 0 Å². The van der Waals surface area contributed by atoms with Gasteiger partial charge in [-0.3, -0.25) is 4.98 Å². The van der Waals surface area contributed by atoms with E-state index < -0.39 is 6.10 Å². The molecule has 1 atom stereocenters. The number of nitrogen functional groups attached to an aromatic ring is 1. The molecular weight excluding hydrogens is 332 g/mol. The maximum Gasteiger partial charge on any atom is 0.163 e. The van der Waals surface area contributed by atoms with Crippen LogP contribution >= 0.6 is 11.3 Å². The minimum absolute atomic E-state index is 0.422. The first-order valence-corrected chi connectivity index (χ1v) is 8.65. The van der Waals surface area contributed by atoms with Crippen molar-refractivity contribution in [1.29, 1.82) is 0 Å². The molecule has 4 aromatic rings. The van der Waals surface area contributed by atoms with Crippen molar-refractivity contribution in [3.8, 4) is 11.4 Å². The Morgan fingerprint density at radius 1 is 1.08 bits per heavy atom. The molecule has 0 amide bonds. The zero-order valence-corrected chi connectivity index (χ0v) is 14.4. The highest BCUT2D eigenvalue weighted by molar-refractivity contribution is 7.18. The topological polar surface area (TPSA) is 84.9 Å². The highest BCUT2D eigenvalue weighted by atomic mass is 32.1. The summed E-state index contributed by atoms with van der Waals surface area (Å²) in [5, 5.41) is 11.4. The lowest BCUT2D eigenvalue weighted by Gasteiger charge is -2.07. The number of aromatic nitrogens is 3. The third kappa shape index (κ3) is 2.97. The van der Waals surface area contributed by atoms with Gasteiger partial charge in [-0.2, -0.15) is 0 Å². The molecule has 3 N–H and O–H groups in total.